The third-order valence-electron chi connectivity index (χ3n) is 3.38. The van der Waals surface area contributed by atoms with Crippen molar-refractivity contribution in [2.75, 3.05) is 19.8 Å². The summed E-state index contributed by atoms with van der Waals surface area (Å²) in [4.78, 5) is 24.9. The van der Waals surface area contributed by atoms with Crippen LogP contribution in [0.2, 0.25) is 0 Å². The van der Waals surface area contributed by atoms with Gasteiger partial charge in [0.2, 0.25) is 5.91 Å². The third kappa shape index (κ3) is 3.00. The van der Waals surface area contributed by atoms with E-state index in [0.29, 0.717) is 13.2 Å². The summed E-state index contributed by atoms with van der Waals surface area (Å²) in [7, 11) is 0. The molecule has 0 spiro atoms. The number of carbonyl (C=O) groups excluding carboxylic acids is 1. The van der Waals surface area contributed by atoms with Crippen LogP contribution < -0.4 is 0 Å². The van der Waals surface area contributed by atoms with Crippen LogP contribution in [-0.4, -0.2) is 63.5 Å². The van der Waals surface area contributed by atoms with Crippen LogP contribution in [0.4, 0.5) is 0 Å². The van der Waals surface area contributed by atoms with E-state index in [1.165, 1.54) is 10.6 Å². The Balaban J connectivity index is 2.07. The molecular formula is C13H18N2O5. The van der Waals surface area contributed by atoms with Crippen molar-refractivity contribution in [3.8, 4) is 0 Å². The lowest BCUT2D eigenvalue weighted by molar-refractivity contribution is -0.146. The van der Waals surface area contributed by atoms with E-state index in [0.717, 1.165) is 0 Å². The number of rotatable bonds is 4. The zero-order valence-corrected chi connectivity index (χ0v) is 11.2. The molecule has 1 aliphatic rings. The molecule has 20 heavy (non-hydrogen) atoms. The Morgan fingerprint density at radius 3 is 2.90 bits per heavy atom. The maximum Gasteiger partial charge on any atom is 0.352 e. The van der Waals surface area contributed by atoms with Crippen LogP contribution in [0, 0.1) is 0 Å². The van der Waals surface area contributed by atoms with Crippen LogP contribution in [0.25, 0.3) is 0 Å². The highest BCUT2D eigenvalue weighted by Gasteiger charge is 2.29. The SMILES string of the molecule is CC1COC(CO)CN1C(=O)Cn1cccc1C(=O)O. The predicted molar refractivity (Wildman–Crippen MR) is 69.4 cm³/mol. The normalized spacial score (nSPS) is 22.8. The van der Waals surface area contributed by atoms with E-state index in [9.17, 15) is 9.59 Å². The number of amides is 1. The van der Waals surface area contributed by atoms with E-state index in [2.05, 4.69) is 0 Å². The summed E-state index contributed by atoms with van der Waals surface area (Å²) in [6.45, 7) is 2.38. The molecule has 110 valence electrons. The molecule has 1 aromatic rings. The average Bonchev–Trinajstić information content (AvgIpc) is 2.87. The molecule has 7 heteroatoms. The van der Waals surface area contributed by atoms with Gasteiger partial charge in [-0.05, 0) is 19.1 Å². The van der Waals surface area contributed by atoms with Gasteiger partial charge in [0.25, 0.3) is 0 Å². The highest BCUT2D eigenvalue weighted by molar-refractivity contribution is 5.87. The Labute approximate surface area is 116 Å². The first-order chi connectivity index (χ1) is 9.52. The van der Waals surface area contributed by atoms with E-state index in [-0.39, 0.29) is 36.9 Å². The summed E-state index contributed by atoms with van der Waals surface area (Å²) in [6, 6.07) is 2.96. The van der Waals surface area contributed by atoms with Gasteiger partial charge in [0.05, 0.1) is 25.4 Å². The third-order valence-corrected chi connectivity index (χ3v) is 3.38. The van der Waals surface area contributed by atoms with Crippen molar-refractivity contribution in [3.05, 3.63) is 24.0 Å². The Kier molecular flexibility index (Phi) is 4.41. The van der Waals surface area contributed by atoms with Gasteiger partial charge in [-0.1, -0.05) is 0 Å². The summed E-state index contributed by atoms with van der Waals surface area (Å²) in [5.41, 5.74) is 0.0815. The zero-order valence-electron chi connectivity index (χ0n) is 11.2. The Morgan fingerprint density at radius 2 is 2.25 bits per heavy atom. The molecule has 7 nitrogen and oxygen atoms in total. The fourth-order valence-corrected chi connectivity index (χ4v) is 2.26. The Morgan fingerprint density at radius 1 is 1.50 bits per heavy atom. The summed E-state index contributed by atoms with van der Waals surface area (Å²) in [5, 5.41) is 18.1. The van der Waals surface area contributed by atoms with Gasteiger partial charge in [0.1, 0.15) is 12.2 Å². The average molecular weight is 282 g/mol. The first kappa shape index (κ1) is 14.5. The number of aromatic carboxylic acids is 1. The summed E-state index contributed by atoms with van der Waals surface area (Å²) < 4.78 is 6.78. The van der Waals surface area contributed by atoms with Crippen LogP contribution in [0.3, 0.4) is 0 Å². The number of carboxylic acid groups (broad SMARTS) is 1. The smallest absolute Gasteiger partial charge is 0.352 e. The molecule has 2 heterocycles. The number of aliphatic hydroxyl groups is 1. The summed E-state index contributed by atoms with van der Waals surface area (Å²) in [5.74, 6) is -1.25. The predicted octanol–water partition coefficient (Wildman–Crippen LogP) is -0.206. The number of nitrogens with zero attached hydrogens (tertiary/aromatic N) is 2. The molecular weight excluding hydrogens is 264 g/mol. The second-order valence-corrected chi connectivity index (χ2v) is 4.86. The molecule has 0 aromatic carbocycles. The van der Waals surface area contributed by atoms with E-state index in [4.69, 9.17) is 14.9 Å². The van der Waals surface area contributed by atoms with E-state index >= 15 is 0 Å². The van der Waals surface area contributed by atoms with Crippen LogP contribution in [0.5, 0.6) is 0 Å². The number of hydrogen-bond acceptors (Lipinski definition) is 4. The molecule has 2 N–H and O–H groups in total. The van der Waals surface area contributed by atoms with Crippen LogP contribution in [-0.2, 0) is 16.1 Å². The monoisotopic (exact) mass is 282 g/mol. The maximum atomic E-state index is 12.3. The second kappa shape index (κ2) is 6.06. The lowest BCUT2D eigenvalue weighted by Gasteiger charge is -2.37. The number of ether oxygens (including phenoxy) is 1. The molecule has 1 amide bonds. The largest absolute Gasteiger partial charge is 0.477 e. The topological polar surface area (TPSA) is 92.0 Å². The van der Waals surface area contributed by atoms with Crippen molar-refractivity contribution in [1.29, 1.82) is 0 Å². The molecule has 0 radical (unpaired) electrons. The molecule has 2 atom stereocenters. The fraction of sp³-hybridized carbons (Fsp3) is 0.538. The molecule has 1 fully saturated rings. The van der Waals surface area contributed by atoms with Crippen molar-refractivity contribution in [1.82, 2.24) is 9.47 Å². The highest BCUT2D eigenvalue weighted by atomic mass is 16.5. The zero-order chi connectivity index (χ0) is 14.7. The quantitative estimate of drug-likeness (QED) is 0.797. The number of carbonyl (C=O) groups is 2. The molecule has 0 saturated carbocycles. The molecule has 1 aromatic heterocycles. The number of morpholine rings is 1. The van der Waals surface area contributed by atoms with E-state index < -0.39 is 5.97 Å². The first-order valence-electron chi connectivity index (χ1n) is 6.43. The van der Waals surface area contributed by atoms with Gasteiger partial charge in [0, 0.05) is 12.7 Å². The maximum absolute atomic E-state index is 12.3. The minimum Gasteiger partial charge on any atom is -0.477 e. The molecule has 2 unspecified atom stereocenters. The van der Waals surface area contributed by atoms with Crippen LogP contribution in [0.1, 0.15) is 17.4 Å². The molecule has 0 bridgehead atoms. The lowest BCUT2D eigenvalue weighted by atomic mass is 10.2. The Bertz CT molecular complexity index is 499. The second-order valence-electron chi connectivity index (χ2n) is 4.86. The summed E-state index contributed by atoms with van der Waals surface area (Å²) >= 11 is 0. The van der Waals surface area contributed by atoms with Crippen molar-refractivity contribution in [2.45, 2.75) is 25.6 Å². The van der Waals surface area contributed by atoms with Crippen molar-refractivity contribution in [3.63, 3.8) is 0 Å². The lowest BCUT2D eigenvalue weighted by Crippen LogP contribution is -2.52. The van der Waals surface area contributed by atoms with E-state index in [1.807, 2.05) is 6.92 Å². The van der Waals surface area contributed by atoms with Gasteiger partial charge in [-0.3, -0.25) is 4.79 Å². The van der Waals surface area contributed by atoms with E-state index in [1.54, 1.807) is 17.2 Å². The van der Waals surface area contributed by atoms with Gasteiger partial charge in [-0.2, -0.15) is 0 Å². The first-order valence-corrected chi connectivity index (χ1v) is 6.43. The number of aromatic nitrogens is 1. The minimum absolute atomic E-state index is 0.0306. The van der Waals surface area contributed by atoms with Crippen molar-refractivity contribution >= 4 is 11.9 Å². The van der Waals surface area contributed by atoms with Gasteiger partial charge >= 0.3 is 5.97 Å². The van der Waals surface area contributed by atoms with Gasteiger partial charge in [-0.15, -0.1) is 0 Å². The van der Waals surface area contributed by atoms with Crippen LogP contribution in [0.15, 0.2) is 18.3 Å². The molecule has 0 aliphatic carbocycles. The Hall–Kier alpha value is -1.86. The van der Waals surface area contributed by atoms with Crippen LogP contribution >= 0.6 is 0 Å². The molecule has 2 rings (SSSR count). The van der Waals surface area contributed by atoms with Gasteiger partial charge in [0.15, 0.2) is 0 Å². The number of aliphatic hydroxyl groups excluding tert-OH is 1. The molecule has 1 aliphatic heterocycles. The van der Waals surface area contributed by atoms with Crippen molar-refractivity contribution in [2.24, 2.45) is 0 Å². The number of carboxylic acids is 1. The molecule has 1 saturated heterocycles. The van der Waals surface area contributed by atoms with Gasteiger partial charge < -0.3 is 24.4 Å². The highest BCUT2D eigenvalue weighted by Crippen LogP contribution is 2.13. The number of hydrogen-bond donors (Lipinski definition) is 2. The summed E-state index contributed by atoms with van der Waals surface area (Å²) in [6.07, 6.45) is 1.19. The minimum atomic E-state index is -1.06. The standard InChI is InChI=1S/C13H18N2O5/c1-9-8-20-10(7-16)5-15(9)12(17)6-14-4-2-3-11(14)13(18)19/h2-4,9-10,16H,5-8H2,1H3,(H,18,19). The van der Waals surface area contributed by atoms with Gasteiger partial charge in [-0.25, -0.2) is 4.79 Å². The van der Waals surface area contributed by atoms with Crippen molar-refractivity contribution < 1.29 is 24.5 Å². The fourth-order valence-electron chi connectivity index (χ4n) is 2.26.